The predicted octanol–water partition coefficient (Wildman–Crippen LogP) is 3.47. The van der Waals surface area contributed by atoms with Crippen LogP contribution in [0.5, 0.6) is 0 Å². The highest BCUT2D eigenvalue weighted by Gasteiger charge is 2.30. The molecule has 0 spiro atoms. The molecule has 0 aliphatic carbocycles. The number of hydrogen-bond acceptors (Lipinski definition) is 3. The first-order valence-corrected chi connectivity index (χ1v) is 10.5. The first-order valence-electron chi connectivity index (χ1n) is 8.63. The van der Waals surface area contributed by atoms with Crippen molar-refractivity contribution < 1.29 is 17.6 Å². The molecule has 0 bridgehead atoms. The minimum absolute atomic E-state index is 0.358. The molecule has 2 atom stereocenters. The molecule has 27 heavy (non-hydrogen) atoms. The summed E-state index contributed by atoms with van der Waals surface area (Å²) < 4.78 is 39.1. The second kappa shape index (κ2) is 8.08. The van der Waals surface area contributed by atoms with Gasteiger partial charge in [-0.15, -0.1) is 0 Å². The van der Waals surface area contributed by atoms with E-state index < -0.39 is 22.0 Å². The summed E-state index contributed by atoms with van der Waals surface area (Å²) in [7, 11) is -3.68. The van der Waals surface area contributed by atoms with Gasteiger partial charge >= 0.3 is 0 Å². The summed E-state index contributed by atoms with van der Waals surface area (Å²) in [6.45, 7) is 6.99. The quantitative estimate of drug-likeness (QED) is 0.819. The van der Waals surface area contributed by atoms with Gasteiger partial charge < -0.3 is 5.32 Å². The minimum atomic E-state index is -3.68. The van der Waals surface area contributed by atoms with Gasteiger partial charge in [0.15, 0.2) is 0 Å². The monoisotopic (exact) mass is 392 g/mol. The van der Waals surface area contributed by atoms with E-state index in [0.717, 1.165) is 27.3 Å². The molecule has 0 aromatic heterocycles. The van der Waals surface area contributed by atoms with Crippen LogP contribution in [0.25, 0.3) is 0 Å². The van der Waals surface area contributed by atoms with Crippen molar-refractivity contribution >= 4 is 21.6 Å². The van der Waals surface area contributed by atoms with Crippen LogP contribution in [0, 0.1) is 19.7 Å². The van der Waals surface area contributed by atoms with Crippen LogP contribution in [0.3, 0.4) is 0 Å². The second-order valence-electron chi connectivity index (χ2n) is 6.81. The maximum atomic E-state index is 13.1. The normalized spacial score (nSPS) is 13.7. The largest absolute Gasteiger partial charge is 0.348 e. The molecule has 0 saturated carbocycles. The Hall–Kier alpha value is -2.41. The number of carbonyl (C=O) groups is 1. The molecule has 2 aromatic carbocycles. The van der Waals surface area contributed by atoms with Crippen LogP contribution >= 0.6 is 0 Å². The maximum absolute atomic E-state index is 13.1. The predicted molar refractivity (Wildman–Crippen MR) is 106 cm³/mol. The van der Waals surface area contributed by atoms with Gasteiger partial charge in [0.2, 0.25) is 15.9 Å². The number of nitrogens with one attached hydrogen (secondary N) is 1. The standard InChI is InChI=1S/C20H25FN2O3S/c1-13-6-7-14(2)19(12-13)23(27(5,25)26)16(4)20(24)22-15(3)17-8-10-18(21)11-9-17/h6-12,15-16H,1-5H3,(H,22,24). The summed E-state index contributed by atoms with van der Waals surface area (Å²) in [5.74, 6) is -0.790. The lowest BCUT2D eigenvalue weighted by Crippen LogP contribution is -2.48. The molecule has 0 radical (unpaired) electrons. The number of nitrogens with zero attached hydrogens (tertiary/aromatic N) is 1. The van der Waals surface area contributed by atoms with Gasteiger partial charge in [-0.05, 0) is 62.6 Å². The van der Waals surface area contributed by atoms with Crippen molar-refractivity contribution in [2.45, 2.75) is 39.8 Å². The van der Waals surface area contributed by atoms with E-state index in [2.05, 4.69) is 5.32 Å². The van der Waals surface area contributed by atoms with E-state index in [1.54, 1.807) is 39.0 Å². The van der Waals surface area contributed by atoms with Gasteiger partial charge in [-0.25, -0.2) is 12.8 Å². The molecule has 0 fully saturated rings. The van der Waals surface area contributed by atoms with E-state index in [9.17, 15) is 17.6 Å². The van der Waals surface area contributed by atoms with Gasteiger partial charge in [0.1, 0.15) is 11.9 Å². The summed E-state index contributed by atoms with van der Waals surface area (Å²) in [5, 5.41) is 2.80. The number of anilines is 1. The molecule has 146 valence electrons. The highest BCUT2D eigenvalue weighted by molar-refractivity contribution is 7.92. The maximum Gasteiger partial charge on any atom is 0.244 e. The Labute approximate surface area is 160 Å². The summed E-state index contributed by atoms with van der Waals surface area (Å²) in [5.41, 5.74) is 2.87. The van der Waals surface area contributed by atoms with Crippen LogP contribution in [0.15, 0.2) is 42.5 Å². The smallest absolute Gasteiger partial charge is 0.244 e. The summed E-state index contributed by atoms with van der Waals surface area (Å²) in [6.07, 6.45) is 1.09. The lowest BCUT2D eigenvalue weighted by atomic mass is 10.1. The number of halogens is 1. The van der Waals surface area contributed by atoms with E-state index in [-0.39, 0.29) is 11.9 Å². The molecule has 0 saturated heterocycles. The van der Waals surface area contributed by atoms with E-state index in [0.29, 0.717) is 5.69 Å². The number of aryl methyl sites for hydroxylation is 2. The lowest BCUT2D eigenvalue weighted by Gasteiger charge is -2.30. The van der Waals surface area contributed by atoms with Gasteiger partial charge in [0.05, 0.1) is 18.0 Å². The van der Waals surface area contributed by atoms with Crippen LogP contribution in [0.1, 0.15) is 36.6 Å². The molecular formula is C20H25FN2O3S. The number of sulfonamides is 1. The Morgan fingerprint density at radius 3 is 2.22 bits per heavy atom. The number of carbonyl (C=O) groups excluding carboxylic acids is 1. The summed E-state index contributed by atoms with van der Waals surface area (Å²) >= 11 is 0. The van der Waals surface area contributed by atoms with Crippen molar-refractivity contribution in [3.05, 3.63) is 65.0 Å². The lowest BCUT2D eigenvalue weighted by molar-refractivity contribution is -0.122. The molecule has 2 aromatic rings. The minimum Gasteiger partial charge on any atom is -0.348 e. The zero-order valence-corrected chi connectivity index (χ0v) is 17.0. The molecule has 0 aliphatic rings. The third-order valence-corrected chi connectivity index (χ3v) is 5.65. The van der Waals surface area contributed by atoms with Crippen LogP contribution in [0.2, 0.25) is 0 Å². The first-order chi connectivity index (χ1) is 12.5. The fraction of sp³-hybridized carbons (Fsp3) is 0.350. The number of benzene rings is 2. The zero-order chi connectivity index (χ0) is 20.4. The summed E-state index contributed by atoms with van der Waals surface area (Å²) in [6, 6.07) is 9.96. The number of hydrogen-bond donors (Lipinski definition) is 1. The third kappa shape index (κ3) is 5.07. The Balaban J connectivity index is 2.30. The van der Waals surface area contributed by atoms with Gasteiger partial charge in [-0.2, -0.15) is 0 Å². The van der Waals surface area contributed by atoms with Crippen LogP contribution in [0.4, 0.5) is 10.1 Å². The Morgan fingerprint density at radius 2 is 1.67 bits per heavy atom. The van der Waals surface area contributed by atoms with Crippen molar-refractivity contribution in [1.82, 2.24) is 5.32 Å². The van der Waals surface area contributed by atoms with Crippen molar-refractivity contribution in [2.24, 2.45) is 0 Å². The first kappa shape index (κ1) is 20.9. The van der Waals surface area contributed by atoms with Gasteiger partial charge in [0, 0.05) is 0 Å². The SMILES string of the molecule is Cc1ccc(C)c(N(C(C)C(=O)NC(C)c2ccc(F)cc2)S(C)(=O)=O)c1. The molecule has 0 heterocycles. The molecule has 1 amide bonds. The summed E-state index contributed by atoms with van der Waals surface area (Å²) in [4.78, 5) is 12.8. The number of amides is 1. The van der Waals surface area contributed by atoms with Gasteiger partial charge in [-0.3, -0.25) is 9.10 Å². The van der Waals surface area contributed by atoms with E-state index in [1.165, 1.54) is 12.1 Å². The molecule has 1 N–H and O–H groups in total. The zero-order valence-electron chi connectivity index (χ0n) is 16.2. The van der Waals surface area contributed by atoms with Crippen LogP contribution in [-0.4, -0.2) is 26.6 Å². The number of rotatable bonds is 6. The Bertz CT molecular complexity index is 927. The van der Waals surface area contributed by atoms with Crippen molar-refractivity contribution in [1.29, 1.82) is 0 Å². The van der Waals surface area contributed by atoms with E-state index in [4.69, 9.17) is 0 Å². The fourth-order valence-corrected chi connectivity index (χ4v) is 4.13. The average molecular weight is 392 g/mol. The molecule has 5 nitrogen and oxygen atoms in total. The topological polar surface area (TPSA) is 66.5 Å². The van der Waals surface area contributed by atoms with Gasteiger partial charge in [-0.1, -0.05) is 24.3 Å². The second-order valence-corrected chi connectivity index (χ2v) is 8.67. The Kier molecular flexibility index (Phi) is 6.26. The van der Waals surface area contributed by atoms with E-state index >= 15 is 0 Å². The van der Waals surface area contributed by atoms with Gasteiger partial charge in [0.25, 0.3) is 0 Å². The van der Waals surface area contributed by atoms with Crippen molar-refractivity contribution in [3.63, 3.8) is 0 Å². The van der Waals surface area contributed by atoms with Crippen LogP contribution < -0.4 is 9.62 Å². The highest BCUT2D eigenvalue weighted by Crippen LogP contribution is 2.26. The van der Waals surface area contributed by atoms with E-state index in [1.807, 2.05) is 19.1 Å². The molecule has 0 aliphatic heterocycles. The third-order valence-electron chi connectivity index (χ3n) is 4.42. The van der Waals surface area contributed by atoms with Crippen molar-refractivity contribution in [3.8, 4) is 0 Å². The molecule has 2 unspecified atom stereocenters. The fourth-order valence-electron chi connectivity index (χ4n) is 2.91. The molecular weight excluding hydrogens is 367 g/mol. The van der Waals surface area contributed by atoms with Crippen molar-refractivity contribution in [2.75, 3.05) is 10.6 Å². The van der Waals surface area contributed by atoms with Crippen LogP contribution in [-0.2, 0) is 14.8 Å². The highest BCUT2D eigenvalue weighted by atomic mass is 32.2. The molecule has 7 heteroatoms. The molecule has 2 rings (SSSR count). The Morgan fingerprint density at radius 1 is 1.07 bits per heavy atom. The average Bonchev–Trinajstić information content (AvgIpc) is 2.57.